The molecule has 0 saturated heterocycles. The Morgan fingerprint density at radius 2 is 1.93 bits per heavy atom. The van der Waals surface area contributed by atoms with Gasteiger partial charge in [0.1, 0.15) is 5.78 Å². The van der Waals surface area contributed by atoms with Crippen molar-refractivity contribution in [2.45, 2.75) is 26.3 Å². The van der Waals surface area contributed by atoms with Crippen molar-refractivity contribution in [3.05, 3.63) is 35.4 Å². The summed E-state index contributed by atoms with van der Waals surface area (Å²) in [5.74, 6) is 0.188. The smallest absolute Gasteiger partial charge is 0.147 e. The van der Waals surface area contributed by atoms with Gasteiger partial charge in [-0.15, -0.1) is 0 Å². The van der Waals surface area contributed by atoms with Crippen LogP contribution in [0.2, 0.25) is 0 Å². The number of benzene rings is 1. The maximum atomic E-state index is 11.2. The summed E-state index contributed by atoms with van der Waals surface area (Å²) in [5, 5.41) is 3.02. The average molecular weight is 191 g/mol. The van der Waals surface area contributed by atoms with Crippen LogP contribution in [0.25, 0.3) is 0 Å². The molecule has 0 heterocycles. The van der Waals surface area contributed by atoms with E-state index in [4.69, 9.17) is 0 Å². The van der Waals surface area contributed by atoms with E-state index in [0.717, 1.165) is 6.42 Å². The van der Waals surface area contributed by atoms with Gasteiger partial charge in [-0.05, 0) is 32.9 Å². The van der Waals surface area contributed by atoms with E-state index in [0.29, 0.717) is 0 Å². The van der Waals surface area contributed by atoms with Crippen LogP contribution in [0.3, 0.4) is 0 Å². The zero-order chi connectivity index (χ0) is 10.6. The fourth-order valence-corrected chi connectivity index (χ4v) is 1.41. The Balaban J connectivity index is 2.67. The fraction of sp³-hybridized carbons (Fsp3) is 0.417. The number of ketones is 1. The van der Waals surface area contributed by atoms with E-state index < -0.39 is 0 Å². The second kappa shape index (κ2) is 4.91. The Bertz CT molecular complexity index is 303. The molecule has 0 aliphatic heterocycles. The van der Waals surface area contributed by atoms with Gasteiger partial charge in [0, 0.05) is 0 Å². The third-order valence-electron chi connectivity index (χ3n) is 2.40. The normalized spacial score (nSPS) is 12.5. The van der Waals surface area contributed by atoms with Gasteiger partial charge >= 0.3 is 0 Å². The molecule has 1 atom stereocenters. The van der Waals surface area contributed by atoms with E-state index in [1.807, 2.05) is 7.05 Å². The first-order valence-electron chi connectivity index (χ1n) is 4.86. The van der Waals surface area contributed by atoms with Crippen molar-refractivity contribution in [2.75, 3.05) is 7.05 Å². The molecule has 0 saturated carbocycles. The molecule has 1 aromatic carbocycles. The van der Waals surface area contributed by atoms with E-state index >= 15 is 0 Å². The molecule has 0 amide bonds. The van der Waals surface area contributed by atoms with Gasteiger partial charge in [0.2, 0.25) is 0 Å². The lowest BCUT2D eigenvalue weighted by Crippen LogP contribution is -2.34. The minimum Gasteiger partial charge on any atom is -0.310 e. The summed E-state index contributed by atoms with van der Waals surface area (Å²) in [6.45, 7) is 3.68. The monoisotopic (exact) mass is 191 g/mol. The van der Waals surface area contributed by atoms with E-state index in [1.165, 1.54) is 11.1 Å². The molecule has 2 heteroatoms. The van der Waals surface area contributed by atoms with Crippen LogP contribution in [0, 0.1) is 6.92 Å². The van der Waals surface area contributed by atoms with Crippen LogP contribution < -0.4 is 5.32 Å². The first kappa shape index (κ1) is 10.9. The lowest BCUT2D eigenvalue weighted by molar-refractivity contribution is -0.118. The predicted octanol–water partition coefficient (Wildman–Crippen LogP) is 1.71. The van der Waals surface area contributed by atoms with Crippen LogP contribution in [0.15, 0.2) is 24.3 Å². The topological polar surface area (TPSA) is 29.1 Å². The van der Waals surface area contributed by atoms with Crippen molar-refractivity contribution in [1.29, 1.82) is 0 Å². The highest BCUT2D eigenvalue weighted by Gasteiger charge is 2.11. The quantitative estimate of drug-likeness (QED) is 0.785. The van der Waals surface area contributed by atoms with Crippen LogP contribution >= 0.6 is 0 Å². The molecule has 1 rings (SSSR count). The van der Waals surface area contributed by atoms with Crippen LogP contribution in [0.4, 0.5) is 0 Å². The van der Waals surface area contributed by atoms with Crippen molar-refractivity contribution in [3.8, 4) is 0 Å². The van der Waals surface area contributed by atoms with E-state index in [2.05, 4.69) is 36.5 Å². The van der Waals surface area contributed by atoms with E-state index in [1.54, 1.807) is 6.92 Å². The molecule has 0 unspecified atom stereocenters. The number of carbonyl (C=O) groups excluding carboxylic acids is 1. The minimum atomic E-state index is -0.0577. The molecule has 14 heavy (non-hydrogen) atoms. The highest BCUT2D eigenvalue weighted by atomic mass is 16.1. The number of carbonyl (C=O) groups is 1. The zero-order valence-electron chi connectivity index (χ0n) is 9.00. The van der Waals surface area contributed by atoms with Gasteiger partial charge in [0.05, 0.1) is 6.04 Å². The number of likely N-dealkylation sites (N-methyl/N-ethyl adjacent to an activating group) is 1. The molecule has 0 spiro atoms. The largest absolute Gasteiger partial charge is 0.310 e. The first-order chi connectivity index (χ1) is 6.63. The maximum absolute atomic E-state index is 11.2. The summed E-state index contributed by atoms with van der Waals surface area (Å²) >= 11 is 0. The lowest BCUT2D eigenvalue weighted by Gasteiger charge is -2.12. The summed E-state index contributed by atoms with van der Waals surface area (Å²) < 4.78 is 0. The van der Waals surface area contributed by atoms with Gasteiger partial charge in [0.15, 0.2) is 0 Å². The fourth-order valence-electron chi connectivity index (χ4n) is 1.41. The highest BCUT2D eigenvalue weighted by Crippen LogP contribution is 2.06. The molecular weight excluding hydrogens is 174 g/mol. The van der Waals surface area contributed by atoms with Gasteiger partial charge < -0.3 is 5.32 Å². The molecule has 0 radical (unpaired) electrons. The van der Waals surface area contributed by atoms with Gasteiger partial charge in [-0.1, -0.05) is 29.8 Å². The van der Waals surface area contributed by atoms with Crippen molar-refractivity contribution in [3.63, 3.8) is 0 Å². The third-order valence-corrected chi connectivity index (χ3v) is 2.40. The number of nitrogens with one attached hydrogen (secondary N) is 1. The Kier molecular flexibility index (Phi) is 3.84. The molecule has 0 fully saturated rings. The van der Waals surface area contributed by atoms with Crippen molar-refractivity contribution >= 4 is 5.78 Å². The molecule has 0 aliphatic rings. The van der Waals surface area contributed by atoms with Crippen molar-refractivity contribution in [2.24, 2.45) is 0 Å². The summed E-state index contributed by atoms with van der Waals surface area (Å²) in [5.41, 5.74) is 2.45. The van der Waals surface area contributed by atoms with Crippen molar-refractivity contribution in [1.82, 2.24) is 5.32 Å². The molecule has 0 bridgehead atoms. The summed E-state index contributed by atoms with van der Waals surface area (Å²) in [4.78, 5) is 11.2. The summed E-state index contributed by atoms with van der Waals surface area (Å²) in [6, 6.07) is 8.23. The number of hydrogen-bond donors (Lipinski definition) is 1. The van der Waals surface area contributed by atoms with Gasteiger partial charge in [-0.3, -0.25) is 4.79 Å². The second-order valence-electron chi connectivity index (χ2n) is 3.64. The standard InChI is InChI=1S/C12H17NO/c1-9-4-6-11(7-5-9)8-12(13-3)10(2)14/h4-7,12-13H,8H2,1-3H3/t12-/m1/s1. The summed E-state index contributed by atoms with van der Waals surface area (Å²) in [7, 11) is 1.82. The SMILES string of the molecule is CN[C@H](Cc1ccc(C)cc1)C(C)=O. The molecule has 2 nitrogen and oxygen atoms in total. The number of aryl methyl sites for hydroxylation is 1. The summed E-state index contributed by atoms with van der Waals surface area (Å²) in [6.07, 6.45) is 0.770. The Labute approximate surface area is 85.3 Å². The number of rotatable bonds is 4. The highest BCUT2D eigenvalue weighted by molar-refractivity contribution is 5.81. The van der Waals surface area contributed by atoms with E-state index in [-0.39, 0.29) is 11.8 Å². The van der Waals surface area contributed by atoms with E-state index in [9.17, 15) is 4.79 Å². The Hall–Kier alpha value is -1.15. The van der Waals surface area contributed by atoms with Gasteiger partial charge in [0.25, 0.3) is 0 Å². The Morgan fingerprint density at radius 1 is 1.36 bits per heavy atom. The second-order valence-corrected chi connectivity index (χ2v) is 3.64. The Morgan fingerprint density at radius 3 is 2.36 bits per heavy atom. The van der Waals surface area contributed by atoms with Crippen LogP contribution in [0.5, 0.6) is 0 Å². The number of hydrogen-bond acceptors (Lipinski definition) is 2. The molecule has 0 aliphatic carbocycles. The minimum absolute atomic E-state index is 0.0577. The molecule has 1 aromatic rings. The maximum Gasteiger partial charge on any atom is 0.147 e. The molecular formula is C12H17NO. The van der Waals surface area contributed by atoms with Gasteiger partial charge in [-0.2, -0.15) is 0 Å². The zero-order valence-corrected chi connectivity index (χ0v) is 9.00. The first-order valence-corrected chi connectivity index (χ1v) is 4.86. The third kappa shape index (κ3) is 2.96. The van der Waals surface area contributed by atoms with Crippen LogP contribution in [0.1, 0.15) is 18.1 Å². The van der Waals surface area contributed by atoms with Crippen LogP contribution in [-0.4, -0.2) is 18.9 Å². The average Bonchev–Trinajstić information content (AvgIpc) is 2.16. The molecule has 0 aromatic heterocycles. The van der Waals surface area contributed by atoms with Crippen LogP contribution in [-0.2, 0) is 11.2 Å². The molecule has 76 valence electrons. The lowest BCUT2D eigenvalue weighted by atomic mass is 10.0. The predicted molar refractivity (Wildman–Crippen MR) is 58.4 cm³/mol. The van der Waals surface area contributed by atoms with Gasteiger partial charge in [-0.25, -0.2) is 0 Å². The molecule has 1 N–H and O–H groups in total. The van der Waals surface area contributed by atoms with Crippen molar-refractivity contribution < 1.29 is 4.79 Å². The number of Topliss-reactive ketones (excluding diaryl/α,β-unsaturated/α-hetero) is 1.